The minimum Gasteiger partial charge on any atom is -0.373 e. The first kappa shape index (κ1) is 16.9. The lowest BCUT2D eigenvalue weighted by molar-refractivity contribution is -0.0847. The number of nitrogens with zero attached hydrogens (tertiary/aromatic N) is 2. The van der Waals surface area contributed by atoms with Crippen molar-refractivity contribution < 1.29 is 13.2 Å². The Labute approximate surface area is 139 Å². The van der Waals surface area contributed by atoms with Crippen LogP contribution >= 0.6 is 0 Å². The lowest BCUT2D eigenvalue weighted by Crippen LogP contribution is -2.53. The van der Waals surface area contributed by atoms with Crippen LogP contribution in [0.2, 0.25) is 0 Å². The maximum atomic E-state index is 12.7. The van der Waals surface area contributed by atoms with Crippen LogP contribution < -0.4 is 0 Å². The fourth-order valence-corrected chi connectivity index (χ4v) is 5.20. The van der Waals surface area contributed by atoms with E-state index in [9.17, 15) is 8.42 Å². The van der Waals surface area contributed by atoms with Gasteiger partial charge in [0.15, 0.2) is 0 Å². The molecule has 0 radical (unpaired) electrons. The first-order valence-electron chi connectivity index (χ1n) is 8.41. The fourth-order valence-electron chi connectivity index (χ4n) is 3.71. The van der Waals surface area contributed by atoms with Gasteiger partial charge in [0.25, 0.3) is 0 Å². The molecule has 0 spiro atoms. The van der Waals surface area contributed by atoms with Gasteiger partial charge in [-0.15, -0.1) is 0 Å². The first-order valence-corrected chi connectivity index (χ1v) is 9.85. The summed E-state index contributed by atoms with van der Waals surface area (Å²) in [6, 6.07) is 9.20. The predicted molar refractivity (Wildman–Crippen MR) is 89.8 cm³/mol. The van der Waals surface area contributed by atoms with Gasteiger partial charge in [-0.3, -0.25) is 4.90 Å². The number of morpholine rings is 1. The highest BCUT2D eigenvalue weighted by atomic mass is 32.2. The molecule has 3 rings (SSSR count). The molecule has 2 aliphatic heterocycles. The Hall–Kier alpha value is -0.950. The smallest absolute Gasteiger partial charge is 0.243 e. The lowest BCUT2D eigenvalue weighted by Gasteiger charge is -2.43. The van der Waals surface area contributed by atoms with Gasteiger partial charge in [0, 0.05) is 32.2 Å². The molecule has 23 heavy (non-hydrogen) atoms. The second-order valence-electron chi connectivity index (χ2n) is 6.66. The molecule has 2 atom stereocenters. The van der Waals surface area contributed by atoms with Crippen LogP contribution in [0.3, 0.4) is 0 Å². The van der Waals surface area contributed by atoms with Crippen LogP contribution in [0.15, 0.2) is 35.2 Å². The van der Waals surface area contributed by atoms with Crippen LogP contribution in [0, 0.1) is 0 Å². The third-order valence-corrected chi connectivity index (χ3v) is 6.68. The van der Waals surface area contributed by atoms with Crippen molar-refractivity contribution >= 4 is 10.0 Å². The van der Waals surface area contributed by atoms with Crippen LogP contribution in [0.1, 0.15) is 26.7 Å². The van der Waals surface area contributed by atoms with Gasteiger partial charge in [0.1, 0.15) is 0 Å². The summed E-state index contributed by atoms with van der Waals surface area (Å²) in [6.45, 7) is 7.31. The first-order chi connectivity index (χ1) is 11.0. The Morgan fingerprint density at radius 2 is 1.57 bits per heavy atom. The third-order valence-electron chi connectivity index (χ3n) is 4.77. The Bertz CT molecular complexity index is 602. The standard InChI is InChI=1S/C17H26N2O3S/c1-14-12-18(13-15(2)22-14)16-8-10-19(11-9-16)23(20,21)17-6-4-3-5-7-17/h3-7,14-16H,8-13H2,1-2H3/t14-,15+. The van der Waals surface area contributed by atoms with Gasteiger partial charge in [0.05, 0.1) is 17.1 Å². The number of ether oxygens (including phenoxy) is 1. The van der Waals surface area contributed by atoms with E-state index in [2.05, 4.69) is 18.7 Å². The monoisotopic (exact) mass is 338 g/mol. The molecule has 128 valence electrons. The van der Waals surface area contributed by atoms with E-state index in [-0.39, 0.29) is 12.2 Å². The molecule has 1 aromatic carbocycles. The van der Waals surface area contributed by atoms with Crippen LogP contribution in [0.4, 0.5) is 0 Å². The van der Waals surface area contributed by atoms with Crippen molar-refractivity contribution in [1.29, 1.82) is 0 Å². The van der Waals surface area contributed by atoms with Gasteiger partial charge in [-0.1, -0.05) is 18.2 Å². The molecule has 2 fully saturated rings. The van der Waals surface area contributed by atoms with E-state index >= 15 is 0 Å². The van der Waals surface area contributed by atoms with Gasteiger partial charge in [0.2, 0.25) is 10.0 Å². The topological polar surface area (TPSA) is 49.9 Å². The Balaban J connectivity index is 1.62. The molecule has 1 aromatic rings. The van der Waals surface area contributed by atoms with Crippen molar-refractivity contribution in [2.75, 3.05) is 26.2 Å². The lowest BCUT2D eigenvalue weighted by atomic mass is 10.0. The number of rotatable bonds is 3. The number of sulfonamides is 1. The van der Waals surface area contributed by atoms with Crippen molar-refractivity contribution in [3.05, 3.63) is 30.3 Å². The molecule has 2 heterocycles. The summed E-state index contributed by atoms with van der Waals surface area (Å²) in [5, 5.41) is 0. The molecule has 5 nitrogen and oxygen atoms in total. The summed E-state index contributed by atoms with van der Waals surface area (Å²) in [5.74, 6) is 0. The van der Waals surface area contributed by atoms with E-state index in [1.165, 1.54) is 0 Å². The predicted octanol–water partition coefficient (Wildman–Crippen LogP) is 1.95. The molecular formula is C17H26N2O3S. The molecule has 0 unspecified atom stereocenters. The average Bonchev–Trinajstić information content (AvgIpc) is 2.55. The summed E-state index contributed by atoms with van der Waals surface area (Å²) in [6.07, 6.45) is 2.30. The van der Waals surface area contributed by atoms with Gasteiger partial charge in [-0.25, -0.2) is 8.42 Å². The summed E-state index contributed by atoms with van der Waals surface area (Å²) in [4.78, 5) is 2.87. The number of piperidine rings is 1. The summed E-state index contributed by atoms with van der Waals surface area (Å²) < 4.78 is 32.8. The Morgan fingerprint density at radius 1 is 1.00 bits per heavy atom. The molecule has 6 heteroatoms. The van der Waals surface area contributed by atoms with Gasteiger partial charge < -0.3 is 4.74 Å². The highest BCUT2D eigenvalue weighted by Gasteiger charge is 2.34. The molecule has 0 saturated carbocycles. The summed E-state index contributed by atoms with van der Waals surface area (Å²) in [7, 11) is -3.35. The Kier molecular flexibility index (Phi) is 5.06. The molecule has 0 amide bonds. The number of hydrogen-bond donors (Lipinski definition) is 0. The highest BCUT2D eigenvalue weighted by Crippen LogP contribution is 2.25. The number of benzene rings is 1. The quantitative estimate of drug-likeness (QED) is 0.845. The number of hydrogen-bond acceptors (Lipinski definition) is 4. The zero-order chi connectivity index (χ0) is 16.4. The molecule has 0 aromatic heterocycles. The molecule has 2 saturated heterocycles. The van der Waals surface area contributed by atoms with Gasteiger partial charge >= 0.3 is 0 Å². The summed E-state index contributed by atoms with van der Waals surface area (Å²) >= 11 is 0. The SMILES string of the molecule is C[C@@H]1CN(C2CCN(S(=O)(=O)c3ccccc3)CC2)C[C@H](C)O1. The van der Waals surface area contributed by atoms with Crippen molar-refractivity contribution in [1.82, 2.24) is 9.21 Å². The van der Waals surface area contributed by atoms with E-state index in [4.69, 9.17) is 4.74 Å². The van der Waals surface area contributed by atoms with E-state index in [1.54, 1.807) is 28.6 Å². The minimum atomic E-state index is -3.35. The molecule has 0 aliphatic carbocycles. The summed E-state index contributed by atoms with van der Waals surface area (Å²) in [5.41, 5.74) is 0. The molecule has 0 N–H and O–H groups in total. The Morgan fingerprint density at radius 3 is 2.13 bits per heavy atom. The minimum absolute atomic E-state index is 0.254. The van der Waals surface area contributed by atoms with Gasteiger partial charge in [-0.05, 0) is 38.8 Å². The molecule has 0 bridgehead atoms. The van der Waals surface area contributed by atoms with E-state index in [0.717, 1.165) is 25.9 Å². The molecule has 2 aliphatic rings. The zero-order valence-corrected chi connectivity index (χ0v) is 14.7. The van der Waals surface area contributed by atoms with Crippen LogP contribution in [0.25, 0.3) is 0 Å². The second kappa shape index (κ2) is 6.89. The normalized spacial score (nSPS) is 28.8. The van der Waals surface area contributed by atoms with E-state index in [1.807, 2.05) is 6.07 Å². The maximum Gasteiger partial charge on any atom is 0.243 e. The average molecular weight is 338 g/mol. The second-order valence-corrected chi connectivity index (χ2v) is 8.60. The van der Waals surface area contributed by atoms with Crippen molar-refractivity contribution in [3.8, 4) is 0 Å². The van der Waals surface area contributed by atoms with Crippen LogP contribution in [-0.4, -0.2) is 62.1 Å². The molecular weight excluding hydrogens is 312 g/mol. The van der Waals surface area contributed by atoms with Crippen LogP contribution in [-0.2, 0) is 14.8 Å². The van der Waals surface area contributed by atoms with Crippen molar-refractivity contribution in [2.45, 2.75) is 49.8 Å². The van der Waals surface area contributed by atoms with Crippen molar-refractivity contribution in [3.63, 3.8) is 0 Å². The maximum absolute atomic E-state index is 12.7. The zero-order valence-electron chi connectivity index (χ0n) is 13.9. The third kappa shape index (κ3) is 3.76. The van der Waals surface area contributed by atoms with E-state index < -0.39 is 10.0 Å². The van der Waals surface area contributed by atoms with Crippen LogP contribution in [0.5, 0.6) is 0 Å². The van der Waals surface area contributed by atoms with Gasteiger partial charge in [-0.2, -0.15) is 4.31 Å². The largest absolute Gasteiger partial charge is 0.373 e. The van der Waals surface area contributed by atoms with E-state index in [0.29, 0.717) is 24.0 Å². The highest BCUT2D eigenvalue weighted by molar-refractivity contribution is 7.89. The fraction of sp³-hybridized carbons (Fsp3) is 0.647. The van der Waals surface area contributed by atoms with Crippen molar-refractivity contribution in [2.24, 2.45) is 0 Å².